The first kappa shape index (κ1) is 24.7. The minimum absolute atomic E-state index is 0.131. The van der Waals surface area contributed by atoms with Crippen LogP contribution in [0.4, 0.5) is 4.79 Å². The first-order valence-corrected chi connectivity index (χ1v) is 12.9. The highest BCUT2D eigenvalue weighted by Gasteiger charge is 2.33. The number of likely N-dealkylation sites (tertiary alicyclic amines) is 1. The Hall–Kier alpha value is -3.03. The van der Waals surface area contributed by atoms with Gasteiger partial charge in [-0.15, -0.1) is 0 Å². The first-order chi connectivity index (χ1) is 17.0. The maximum absolute atomic E-state index is 13.6. The van der Waals surface area contributed by atoms with E-state index in [2.05, 4.69) is 22.3 Å². The zero-order valence-corrected chi connectivity index (χ0v) is 22.0. The average Bonchev–Trinajstić information content (AvgIpc) is 3.34. The molecule has 0 saturated carbocycles. The van der Waals surface area contributed by atoms with Gasteiger partial charge in [-0.05, 0) is 83.0 Å². The van der Waals surface area contributed by atoms with Crippen LogP contribution in [-0.4, -0.2) is 45.3 Å². The second-order valence-electron chi connectivity index (χ2n) is 10.8. The smallest absolute Gasteiger partial charge is 0.419 e. The summed E-state index contributed by atoms with van der Waals surface area (Å²) in [7, 11) is 0. The van der Waals surface area contributed by atoms with E-state index >= 15 is 0 Å². The van der Waals surface area contributed by atoms with Gasteiger partial charge in [0.1, 0.15) is 11.4 Å². The SMILES string of the molecule is Cc1c(-c2cc(O)c(Cl)c3c2C(=O)NC3)n(C(=O)OC(C)(C)C)c2ccc(CN3CCCCC3)cc12. The number of carbonyl (C=O) groups is 2. The third-order valence-corrected chi connectivity index (χ3v) is 7.39. The molecule has 2 aliphatic rings. The van der Waals surface area contributed by atoms with Gasteiger partial charge in [0.25, 0.3) is 5.91 Å². The lowest BCUT2D eigenvalue weighted by Gasteiger charge is -2.26. The van der Waals surface area contributed by atoms with Gasteiger partial charge in [-0.3, -0.25) is 9.69 Å². The van der Waals surface area contributed by atoms with Gasteiger partial charge in [-0.25, -0.2) is 9.36 Å². The topological polar surface area (TPSA) is 83.8 Å². The molecule has 1 aromatic heterocycles. The van der Waals surface area contributed by atoms with Crippen molar-refractivity contribution >= 4 is 34.5 Å². The minimum Gasteiger partial charge on any atom is -0.506 e. The summed E-state index contributed by atoms with van der Waals surface area (Å²) in [6.07, 6.45) is 3.17. The number of benzene rings is 2. The summed E-state index contributed by atoms with van der Waals surface area (Å²) < 4.78 is 7.31. The standard InChI is InChI=1S/C28H32ClN3O4/c1-16-18-12-17(15-31-10-6-5-7-11-31)8-9-21(18)32(27(35)36-28(2,3)4)25(16)19-13-22(33)24(29)20-14-30-26(34)23(19)20/h8-9,12-13,33H,5-7,10-11,14-15H2,1-4H3,(H,30,34). The van der Waals surface area contributed by atoms with Crippen LogP contribution in [0.25, 0.3) is 22.2 Å². The average molecular weight is 510 g/mol. The Morgan fingerprint density at radius 2 is 1.89 bits per heavy atom. The summed E-state index contributed by atoms with van der Waals surface area (Å²) in [5, 5.41) is 14.5. The fourth-order valence-electron chi connectivity index (χ4n) is 5.36. The molecule has 0 spiro atoms. The highest BCUT2D eigenvalue weighted by Crippen LogP contribution is 2.43. The van der Waals surface area contributed by atoms with E-state index in [4.69, 9.17) is 16.3 Å². The maximum Gasteiger partial charge on any atom is 0.419 e. The normalized spacial score (nSPS) is 16.3. The van der Waals surface area contributed by atoms with Gasteiger partial charge in [0.2, 0.25) is 0 Å². The molecule has 7 nitrogen and oxygen atoms in total. The van der Waals surface area contributed by atoms with Gasteiger partial charge in [-0.2, -0.15) is 0 Å². The molecule has 0 atom stereocenters. The molecule has 190 valence electrons. The number of piperidine rings is 1. The predicted octanol–water partition coefficient (Wildman–Crippen LogP) is 5.99. The molecule has 0 radical (unpaired) electrons. The highest BCUT2D eigenvalue weighted by molar-refractivity contribution is 6.34. The quantitative estimate of drug-likeness (QED) is 0.453. The number of amides is 1. The lowest BCUT2D eigenvalue weighted by atomic mass is 9.97. The van der Waals surface area contributed by atoms with E-state index in [1.54, 1.807) is 0 Å². The van der Waals surface area contributed by atoms with Gasteiger partial charge in [-0.1, -0.05) is 24.1 Å². The lowest BCUT2D eigenvalue weighted by Crippen LogP contribution is -2.29. The van der Waals surface area contributed by atoms with Gasteiger partial charge in [0.05, 0.1) is 21.8 Å². The van der Waals surface area contributed by atoms with Crippen LogP contribution in [0.3, 0.4) is 0 Å². The summed E-state index contributed by atoms with van der Waals surface area (Å²) in [5.41, 5.74) is 3.87. The van der Waals surface area contributed by atoms with Crippen LogP contribution >= 0.6 is 11.6 Å². The number of nitrogens with one attached hydrogen (secondary N) is 1. The molecule has 5 rings (SSSR count). The number of aromatic nitrogens is 1. The van der Waals surface area contributed by atoms with Crippen LogP contribution in [0.15, 0.2) is 24.3 Å². The van der Waals surface area contributed by atoms with Crippen molar-refractivity contribution < 1.29 is 19.4 Å². The molecule has 1 amide bonds. The fraction of sp³-hybridized carbons (Fsp3) is 0.429. The Labute approximate surface area is 216 Å². The third-order valence-electron chi connectivity index (χ3n) is 6.97. The van der Waals surface area contributed by atoms with E-state index in [0.717, 1.165) is 30.6 Å². The molecule has 36 heavy (non-hydrogen) atoms. The number of hydrogen-bond acceptors (Lipinski definition) is 5. The molecule has 1 fully saturated rings. The Morgan fingerprint density at radius 3 is 2.58 bits per heavy atom. The van der Waals surface area contributed by atoms with Crippen molar-refractivity contribution in [1.29, 1.82) is 0 Å². The van der Waals surface area contributed by atoms with Crippen molar-refractivity contribution in [3.8, 4) is 17.0 Å². The second-order valence-corrected chi connectivity index (χ2v) is 11.1. The number of halogens is 1. The number of fused-ring (bicyclic) bond motifs is 2. The van der Waals surface area contributed by atoms with Crippen LogP contribution < -0.4 is 5.32 Å². The minimum atomic E-state index is -0.714. The van der Waals surface area contributed by atoms with Gasteiger partial charge in [0, 0.05) is 29.6 Å². The first-order valence-electron chi connectivity index (χ1n) is 12.5. The van der Waals surface area contributed by atoms with E-state index in [1.807, 2.05) is 33.8 Å². The monoisotopic (exact) mass is 509 g/mol. The lowest BCUT2D eigenvalue weighted by molar-refractivity contribution is 0.0546. The van der Waals surface area contributed by atoms with Crippen LogP contribution in [0, 0.1) is 6.92 Å². The molecule has 2 aliphatic heterocycles. The van der Waals surface area contributed by atoms with E-state index in [1.165, 1.54) is 35.5 Å². The van der Waals surface area contributed by atoms with Crippen molar-refractivity contribution in [3.05, 3.63) is 51.5 Å². The highest BCUT2D eigenvalue weighted by atomic mass is 35.5. The van der Waals surface area contributed by atoms with Crippen molar-refractivity contribution in [2.75, 3.05) is 13.1 Å². The zero-order valence-electron chi connectivity index (χ0n) is 21.2. The van der Waals surface area contributed by atoms with E-state index in [0.29, 0.717) is 27.9 Å². The van der Waals surface area contributed by atoms with Gasteiger partial charge in [0.15, 0.2) is 0 Å². The Kier molecular flexibility index (Phi) is 6.25. The van der Waals surface area contributed by atoms with Crippen LogP contribution in [-0.2, 0) is 17.8 Å². The number of rotatable bonds is 3. The summed E-state index contributed by atoms with van der Waals surface area (Å²) >= 11 is 6.34. The summed E-state index contributed by atoms with van der Waals surface area (Å²) in [4.78, 5) is 28.9. The number of aromatic hydroxyl groups is 1. The van der Waals surface area contributed by atoms with Crippen molar-refractivity contribution in [2.24, 2.45) is 0 Å². The molecular weight excluding hydrogens is 478 g/mol. The summed E-state index contributed by atoms with van der Waals surface area (Å²) in [5.74, 6) is -0.416. The van der Waals surface area contributed by atoms with Crippen molar-refractivity contribution in [3.63, 3.8) is 0 Å². The van der Waals surface area contributed by atoms with Gasteiger partial charge >= 0.3 is 6.09 Å². The Morgan fingerprint density at radius 1 is 1.17 bits per heavy atom. The molecule has 3 heterocycles. The molecule has 8 heteroatoms. The molecule has 2 N–H and O–H groups in total. The molecule has 0 aliphatic carbocycles. The predicted molar refractivity (Wildman–Crippen MR) is 141 cm³/mol. The molecular formula is C28H32ClN3O4. The molecule has 0 bridgehead atoms. The van der Waals surface area contributed by atoms with Crippen LogP contribution in [0.1, 0.15) is 67.1 Å². The van der Waals surface area contributed by atoms with E-state index in [-0.39, 0.29) is 23.2 Å². The maximum atomic E-state index is 13.6. The van der Waals surface area contributed by atoms with E-state index < -0.39 is 11.7 Å². The molecule has 1 saturated heterocycles. The zero-order chi connectivity index (χ0) is 25.8. The number of carbonyl (C=O) groups excluding carboxylic acids is 2. The number of phenols is 1. The number of ether oxygens (including phenoxy) is 1. The van der Waals surface area contributed by atoms with Crippen LogP contribution in [0.5, 0.6) is 5.75 Å². The van der Waals surface area contributed by atoms with Gasteiger partial charge < -0.3 is 15.2 Å². The number of phenolic OH excluding ortho intramolecular Hbond substituents is 1. The van der Waals surface area contributed by atoms with Crippen molar-refractivity contribution in [2.45, 2.75) is 65.6 Å². The Bertz CT molecular complexity index is 1380. The number of nitrogens with zero attached hydrogens (tertiary/aromatic N) is 2. The summed E-state index contributed by atoms with van der Waals surface area (Å²) in [6, 6.07) is 7.60. The fourth-order valence-corrected chi connectivity index (χ4v) is 5.57. The third kappa shape index (κ3) is 4.35. The molecule has 2 aromatic carbocycles. The molecule has 3 aromatic rings. The largest absolute Gasteiger partial charge is 0.506 e. The number of aryl methyl sites for hydroxylation is 1. The summed E-state index contributed by atoms with van der Waals surface area (Å²) in [6.45, 7) is 10.6. The van der Waals surface area contributed by atoms with Crippen LogP contribution in [0.2, 0.25) is 5.02 Å². The number of hydrogen-bond donors (Lipinski definition) is 2. The molecule has 0 unspecified atom stereocenters. The second kappa shape index (κ2) is 9.12. The van der Waals surface area contributed by atoms with E-state index in [9.17, 15) is 14.7 Å². The van der Waals surface area contributed by atoms with Crippen molar-refractivity contribution in [1.82, 2.24) is 14.8 Å². The Balaban J connectivity index is 1.72.